The zero-order chi connectivity index (χ0) is 21.8. The molecule has 0 unspecified atom stereocenters. The topological polar surface area (TPSA) is 42.0 Å². The van der Waals surface area contributed by atoms with Crippen LogP contribution in [0.1, 0.15) is 36.5 Å². The third-order valence-corrected chi connectivity index (χ3v) is 6.37. The molecule has 3 nitrogen and oxygen atoms in total. The molecule has 4 aromatic rings. The van der Waals surface area contributed by atoms with Gasteiger partial charge in [-0.15, -0.1) is 11.3 Å². The summed E-state index contributed by atoms with van der Waals surface area (Å²) in [5.41, 5.74) is 4.68. The Hall–Kier alpha value is -3.24. The van der Waals surface area contributed by atoms with Crippen molar-refractivity contribution < 1.29 is 4.79 Å². The molecule has 0 bridgehead atoms. The van der Waals surface area contributed by atoms with Crippen molar-refractivity contribution in [1.82, 2.24) is 4.98 Å². The highest BCUT2D eigenvalue weighted by atomic mass is 32.1. The number of aryl methyl sites for hydroxylation is 1. The third-order valence-electron chi connectivity index (χ3n) is 5.61. The predicted molar refractivity (Wildman–Crippen MR) is 129 cm³/mol. The number of carbonyl (C=O) groups excluding carboxylic acids is 1. The van der Waals surface area contributed by atoms with Gasteiger partial charge < -0.3 is 5.32 Å². The van der Waals surface area contributed by atoms with E-state index in [1.807, 2.05) is 67.8 Å². The number of thiazole rings is 1. The zero-order valence-corrected chi connectivity index (χ0v) is 18.8. The summed E-state index contributed by atoms with van der Waals surface area (Å²) in [5, 5.41) is 5.68. The molecule has 1 N–H and O–H groups in total. The second kappa shape index (κ2) is 8.86. The largest absolute Gasteiger partial charge is 0.301 e. The minimum absolute atomic E-state index is 0.0460. The van der Waals surface area contributed by atoms with Crippen LogP contribution in [0.5, 0.6) is 0 Å². The Labute approximate surface area is 187 Å². The number of hydrogen-bond donors (Lipinski definition) is 1. The number of anilines is 1. The van der Waals surface area contributed by atoms with Gasteiger partial charge in [-0.05, 0) is 24.1 Å². The number of nitrogens with one attached hydrogen (secondary N) is 1. The summed E-state index contributed by atoms with van der Waals surface area (Å²) in [7, 11) is 0. The van der Waals surface area contributed by atoms with Crippen LogP contribution in [0.25, 0.3) is 11.3 Å². The molecule has 1 heterocycles. The fraction of sp³-hybridized carbons (Fsp3) is 0.185. The molecule has 0 aliphatic carbocycles. The standard InChI is InChI=1S/C27H26N2OS/c1-19-11-10-16-22(17-19)23-18-31-26(28-23)29-25(30)27(2,3)24(20-12-6-4-7-13-20)21-14-8-5-9-15-21/h4-18,24H,1-3H3,(H,28,29,30). The summed E-state index contributed by atoms with van der Waals surface area (Å²) in [4.78, 5) is 18.1. The molecule has 0 atom stereocenters. The number of rotatable bonds is 6. The summed E-state index contributed by atoms with van der Waals surface area (Å²) in [6.07, 6.45) is 0. The highest BCUT2D eigenvalue weighted by molar-refractivity contribution is 7.14. The molecule has 0 aliphatic rings. The zero-order valence-electron chi connectivity index (χ0n) is 18.0. The molecule has 156 valence electrons. The van der Waals surface area contributed by atoms with Gasteiger partial charge in [-0.2, -0.15) is 0 Å². The summed E-state index contributed by atoms with van der Waals surface area (Å²) in [6.45, 7) is 6.07. The SMILES string of the molecule is Cc1cccc(-c2csc(NC(=O)C(C)(C)C(c3ccccc3)c3ccccc3)n2)c1. The van der Waals surface area contributed by atoms with Gasteiger partial charge in [0.25, 0.3) is 0 Å². The summed E-state index contributed by atoms with van der Waals surface area (Å²) in [6, 6.07) is 28.7. The summed E-state index contributed by atoms with van der Waals surface area (Å²) < 4.78 is 0. The molecule has 0 aliphatic heterocycles. The molecule has 31 heavy (non-hydrogen) atoms. The van der Waals surface area contributed by atoms with E-state index in [1.54, 1.807) is 0 Å². The Morgan fingerprint density at radius 3 is 2.10 bits per heavy atom. The fourth-order valence-electron chi connectivity index (χ4n) is 3.97. The van der Waals surface area contributed by atoms with Gasteiger partial charge in [-0.3, -0.25) is 4.79 Å². The maximum Gasteiger partial charge on any atom is 0.232 e. The lowest BCUT2D eigenvalue weighted by atomic mass is 9.70. The van der Waals surface area contributed by atoms with E-state index in [0.717, 1.165) is 22.4 Å². The van der Waals surface area contributed by atoms with Crippen LogP contribution in [-0.2, 0) is 4.79 Å². The molecule has 0 fully saturated rings. The van der Waals surface area contributed by atoms with Crippen LogP contribution in [0.3, 0.4) is 0 Å². The van der Waals surface area contributed by atoms with Gasteiger partial charge in [0, 0.05) is 16.9 Å². The van der Waals surface area contributed by atoms with E-state index in [1.165, 1.54) is 16.9 Å². The van der Waals surface area contributed by atoms with Crippen LogP contribution in [0.15, 0.2) is 90.3 Å². The minimum atomic E-state index is -0.683. The molecule has 4 heteroatoms. The fourth-order valence-corrected chi connectivity index (χ4v) is 4.69. The van der Waals surface area contributed by atoms with Crippen molar-refractivity contribution in [2.45, 2.75) is 26.7 Å². The van der Waals surface area contributed by atoms with Gasteiger partial charge in [-0.1, -0.05) is 98.3 Å². The van der Waals surface area contributed by atoms with E-state index in [-0.39, 0.29) is 11.8 Å². The second-order valence-electron chi connectivity index (χ2n) is 8.34. The number of hydrogen-bond acceptors (Lipinski definition) is 3. The molecule has 1 amide bonds. The van der Waals surface area contributed by atoms with Gasteiger partial charge in [0.05, 0.1) is 11.1 Å². The third kappa shape index (κ3) is 4.59. The Bertz CT molecular complexity index is 1130. The number of nitrogens with zero attached hydrogens (tertiary/aromatic N) is 1. The average molecular weight is 427 g/mol. The lowest BCUT2D eigenvalue weighted by molar-refractivity contribution is -0.124. The van der Waals surface area contributed by atoms with Gasteiger partial charge in [0.15, 0.2) is 5.13 Å². The number of benzene rings is 3. The van der Waals surface area contributed by atoms with Crippen LogP contribution < -0.4 is 5.32 Å². The van der Waals surface area contributed by atoms with Crippen molar-refractivity contribution in [1.29, 1.82) is 0 Å². The lowest BCUT2D eigenvalue weighted by Gasteiger charge is -2.33. The molecular weight excluding hydrogens is 400 g/mol. The highest BCUT2D eigenvalue weighted by Crippen LogP contribution is 2.42. The molecular formula is C27H26N2OS. The highest BCUT2D eigenvalue weighted by Gasteiger charge is 2.39. The predicted octanol–water partition coefficient (Wildman–Crippen LogP) is 6.92. The van der Waals surface area contributed by atoms with Crippen LogP contribution in [0, 0.1) is 12.3 Å². The minimum Gasteiger partial charge on any atom is -0.301 e. The normalized spacial score (nSPS) is 11.5. The van der Waals surface area contributed by atoms with Gasteiger partial charge in [0.2, 0.25) is 5.91 Å². The number of aromatic nitrogens is 1. The van der Waals surface area contributed by atoms with Crippen molar-refractivity contribution >= 4 is 22.4 Å². The maximum absolute atomic E-state index is 13.5. The number of amides is 1. The molecule has 3 aromatic carbocycles. The molecule has 1 aromatic heterocycles. The van der Waals surface area contributed by atoms with E-state index in [4.69, 9.17) is 0 Å². The van der Waals surface area contributed by atoms with Crippen LogP contribution in [-0.4, -0.2) is 10.9 Å². The first kappa shape index (κ1) is 21.0. The first-order chi connectivity index (χ1) is 14.9. The molecule has 0 spiro atoms. The Morgan fingerprint density at radius 2 is 1.52 bits per heavy atom. The monoisotopic (exact) mass is 426 g/mol. The number of carbonyl (C=O) groups is 1. The van der Waals surface area contributed by atoms with Crippen LogP contribution in [0.4, 0.5) is 5.13 Å². The van der Waals surface area contributed by atoms with E-state index in [9.17, 15) is 4.79 Å². The van der Waals surface area contributed by atoms with Gasteiger partial charge in [0.1, 0.15) is 0 Å². The summed E-state index contributed by atoms with van der Waals surface area (Å²) >= 11 is 1.45. The first-order valence-corrected chi connectivity index (χ1v) is 11.3. The second-order valence-corrected chi connectivity index (χ2v) is 9.20. The van der Waals surface area contributed by atoms with Crippen LogP contribution >= 0.6 is 11.3 Å². The van der Waals surface area contributed by atoms with Crippen LogP contribution in [0.2, 0.25) is 0 Å². The van der Waals surface area contributed by atoms with E-state index in [0.29, 0.717) is 5.13 Å². The average Bonchev–Trinajstić information content (AvgIpc) is 3.24. The first-order valence-electron chi connectivity index (χ1n) is 10.4. The Morgan fingerprint density at radius 1 is 0.903 bits per heavy atom. The lowest BCUT2D eigenvalue weighted by Crippen LogP contribution is -2.37. The smallest absolute Gasteiger partial charge is 0.232 e. The van der Waals surface area contributed by atoms with Crippen molar-refractivity contribution in [3.05, 3.63) is 107 Å². The maximum atomic E-state index is 13.5. The molecule has 0 saturated carbocycles. The Balaban J connectivity index is 1.62. The van der Waals surface area contributed by atoms with Crippen molar-refractivity contribution in [3.8, 4) is 11.3 Å². The van der Waals surface area contributed by atoms with Crippen molar-refractivity contribution in [3.63, 3.8) is 0 Å². The molecule has 0 radical (unpaired) electrons. The van der Waals surface area contributed by atoms with E-state index < -0.39 is 5.41 Å². The van der Waals surface area contributed by atoms with Gasteiger partial charge >= 0.3 is 0 Å². The van der Waals surface area contributed by atoms with E-state index in [2.05, 4.69) is 53.6 Å². The van der Waals surface area contributed by atoms with Gasteiger partial charge in [-0.25, -0.2) is 4.98 Å². The summed E-state index contributed by atoms with van der Waals surface area (Å²) in [5.74, 6) is -0.124. The molecule has 0 saturated heterocycles. The van der Waals surface area contributed by atoms with Crippen molar-refractivity contribution in [2.24, 2.45) is 5.41 Å². The molecule has 4 rings (SSSR count). The quantitative estimate of drug-likeness (QED) is 0.364. The Kier molecular flexibility index (Phi) is 6.01. The van der Waals surface area contributed by atoms with Crippen molar-refractivity contribution in [2.75, 3.05) is 5.32 Å². The van der Waals surface area contributed by atoms with E-state index >= 15 is 0 Å².